The highest BCUT2D eigenvalue weighted by Gasteiger charge is 2.47. The van der Waals surface area contributed by atoms with Gasteiger partial charge in [0.1, 0.15) is 11.3 Å². The minimum atomic E-state index is -1.01. The Kier molecular flexibility index (Phi) is 3.19. The molecule has 5 nitrogen and oxygen atoms in total. The number of carbonyl (C=O) groups is 2. The molecule has 3 N–H and O–H groups in total. The van der Waals surface area contributed by atoms with E-state index in [1.54, 1.807) is 13.8 Å². The number of nitrogens with one attached hydrogen (secondary N) is 1. The van der Waals surface area contributed by atoms with Gasteiger partial charge in [0.25, 0.3) is 5.91 Å². The van der Waals surface area contributed by atoms with Crippen molar-refractivity contribution in [3.05, 3.63) is 0 Å². The zero-order valence-corrected chi connectivity index (χ0v) is 10.3. The lowest BCUT2D eigenvalue weighted by Gasteiger charge is -2.34. The van der Waals surface area contributed by atoms with Gasteiger partial charge in [-0.1, -0.05) is 13.8 Å². The quantitative estimate of drug-likeness (QED) is 0.689. The van der Waals surface area contributed by atoms with Crippen LogP contribution in [0.2, 0.25) is 0 Å². The van der Waals surface area contributed by atoms with E-state index < -0.39 is 11.0 Å². The molecule has 0 saturated heterocycles. The Labute approximate surface area is 95.5 Å². The molecule has 1 aliphatic rings. The summed E-state index contributed by atoms with van der Waals surface area (Å²) in [7, 11) is 0. The standard InChI is InChI=1S/C11H19N3O2/c1-5-11(6-2)8(15)13-7(10(3,4)12)14-9(11)16/h5-6,12H2,1-4H3,(H,13,14,15,16). The van der Waals surface area contributed by atoms with E-state index in [0.717, 1.165) is 0 Å². The number of nitrogens with zero attached hydrogens (tertiary/aromatic N) is 1. The van der Waals surface area contributed by atoms with Crippen molar-refractivity contribution in [3.8, 4) is 0 Å². The topological polar surface area (TPSA) is 84.6 Å². The van der Waals surface area contributed by atoms with Crippen molar-refractivity contribution in [1.82, 2.24) is 5.32 Å². The lowest BCUT2D eigenvalue weighted by Crippen LogP contribution is -2.59. The van der Waals surface area contributed by atoms with Gasteiger partial charge in [0.2, 0.25) is 5.91 Å². The molecule has 0 radical (unpaired) electrons. The number of amides is 2. The van der Waals surface area contributed by atoms with Crippen LogP contribution < -0.4 is 11.1 Å². The van der Waals surface area contributed by atoms with Gasteiger partial charge in [-0.3, -0.25) is 9.59 Å². The molecule has 0 atom stereocenters. The predicted molar refractivity (Wildman–Crippen MR) is 61.9 cm³/mol. The first kappa shape index (κ1) is 12.8. The van der Waals surface area contributed by atoms with E-state index >= 15 is 0 Å². The van der Waals surface area contributed by atoms with E-state index in [0.29, 0.717) is 12.8 Å². The SMILES string of the molecule is CCC1(CC)C(=O)N=C(C(C)(C)N)NC1=O. The molecular weight excluding hydrogens is 206 g/mol. The highest BCUT2D eigenvalue weighted by atomic mass is 16.2. The molecule has 0 aromatic heterocycles. The second-order valence-electron chi connectivity index (χ2n) is 4.73. The molecule has 0 aliphatic carbocycles. The third kappa shape index (κ3) is 1.87. The van der Waals surface area contributed by atoms with E-state index in [2.05, 4.69) is 10.3 Å². The molecule has 16 heavy (non-hydrogen) atoms. The van der Waals surface area contributed by atoms with Crippen LogP contribution in [-0.2, 0) is 9.59 Å². The Bertz CT molecular complexity index is 349. The van der Waals surface area contributed by atoms with Gasteiger partial charge in [-0.15, -0.1) is 0 Å². The summed E-state index contributed by atoms with van der Waals surface area (Å²) < 4.78 is 0. The monoisotopic (exact) mass is 225 g/mol. The molecule has 0 unspecified atom stereocenters. The first-order valence-electron chi connectivity index (χ1n) is 5.52. The van der Waals surface area contributed by atoms with Crippen LogP contribution in [0, 0.1) is 5.41 Å². The average molecular weight is 225 g/mol. The fourth-order valence-corrected chi connectivity index (χ4v) is 1.74. The smallest absolute Gasteiger partial charge is 0.263 e. The number of nitrogens with two attached hydrogens (primary N) is 1. The van der Waals surface area contributed by atoms with Gasteiger partial charge in [-0.25, -0.2) is 0 Å². The molecule has 0 saturated carbocycles. The Morgan fingerprint density at radius 1 is 1.31 bits per heavy atom. The minimum Gasteiger partial charge on any atom is -0.319 e. The zero-order valence-electron chi connectivity index (χ0n) is 10.3. The summed E-state index contributed by atoms with van der Waals surface area (Å²) in [6, 6.07) is 0. The van der Waals surface area contributed by atoms with E-state index in [-0.39, 0.29) is 17.6 Å². The second-order valence-corrected chi connectivity index (χ2v) is 4.73. The fraction of sp³-hybridized carbons (Fsp3) is 0.727. The summed E-state index contributed by atoms with van der Waals surface area (Å²) in [6.07, 6.45) is 0.909. The molecule has 5 heteroatoms. The summed E-state index contributed by atoms with van der Waals surface area (Å²) >= 11 is 0. The predicted octanol–water partition coefficient (Wildman–Crippen LogP) is 0.585. The summed E-state index contributed by atoms with van der Waals surface area (Å²) in [5.74, 6) is -0.416. The third-order valence-electron chi connectivity index (χ3n) is 3.11. The Morgan fingerprint density at radius 2 is 1.81 bits per heavy atom. The lowest BCUT2D eigenvalue weighted by molar-refractivity contribution is -0.142. The fourth-order valence-electron chi connectivity index (χ4n) is 1.74. The summed E-state index contributed by atoms with van der Waals surface area (Å²) in [5.41, 5.74) is 4.00. The maximum atomic E-state index is 12.0. The largest absolute Gasteiger partial charge is 0.319 e. The van der Waals surface area contributed by atoms with Crippen molar-refractivity contribution in [2.45, 2.75) is 46.1 Å². The second kappa shape index (κ2) is 3.97. The zero-order chi connectivity index (χ0) is 12.6. The van der Waals surface area contributed by atoms with Crippen LogP contribution in [0.4, 0.5) is 0 Å². The van der Waals surface area contributed by atoms with Crippen LogP contribution in [0.15, 0.2) is 4.99 Å². The molecule has 1 heterocycles. The number of hydrogen-bond acceptors (Lipinski definition) is 3. The summed E-state index contributed by atoms with van der Waals surface area (Å²) in [6.45, 7) is 7.03. The van der Waals surface area contributed by atoms with Crippen molar-refractivity contribution in [2.24, 2.45) is 16.1 Å². The highest BCUT2D eigenvalue weighted by Crippen LogP contribution is 2.31. The maximum absolute atomic E-state index is 12.0. The average Bonchev–Trinajstić information content (AvgIpc) is 2.17. The van der Waals surface area contributed by atoms with Crippen LogP contribution in [-0.4, -0.2) is 23.2 Å². The van der Waals surface area contributed by atoms with Crippen molar-refractivity contribution in [1.29, 1.82) is 0 Å². The first-order chi connectivity index (χ1) is 7.28. The number of carbonyl (C=O) groups excluding carboxylic acids is 2. The first-order valence-corrected chi connectivity index (χ1v) is 5.52. The van der Waals surface area contributed by atoms with Crippen molar-refractivity contribution < 1.29 is 9.59 Å². The van der Waals surface area contributed by atoms with Gasteiger partial charge in [0.05, 0.1) is 5.54 Å². The number of amidine groups is 1. The molecule has 0 aromatic rings. The summed E-state index contributed by atoms with van der Waals surface area (Å²) in [4.78, 5) is 27.8. The Hall–Kier alpha value is -1.23. The molecule has 0 aromatic carbocycles. The molecule has 2 amide bonds. The van der Waals surface area contributed by atoms with Crippen LogP contribution in [0.3, 0.4) is 0 Å². The number of aliphatic imine (C=N–C) groups is 1. The van der Waals surface area contributed by atoms with E-state index in [4.69, 9.17) is 5.73 Å². The Morgan fingerprint density at radius 3 is 2.12 bits per heavy atom. The highest BCUT2D eigenvalue weighted by molar-refractivity contribution is 6.20. The van der Waals surface area contributed by atoms with E-state index in [1.165, 1.54) is 0 Å². The molecule has 90 valence electrons. The third-order valence-corrected chi connectivity index (χ3v) is 3.11. The minimum absolute atomic E-state index is 0.250. The molecule has 0 bridgehead atoms. The van der Waals surface area contributed by atoms with Crippen molar-refractivity contribution in [2.75, 3.05) is 0 Å². The van der Waals surface area contributed by atoms with Gasteiger partial charge >= 0.3 is 0 Å². The number of hydrogen-bond donors (Lipinski definition) is 2. The van der Waals surface area contributed by atoms with Crippen LogP contribution >= 0.6 is 0 Å². The lowest BCUT2D eigenvalue weighted by atomic mass is 9.79. The normalized spacial score (nSPS) is 20.4. The van der Waals surface area contributed by atoms with Gasteiger partial charge in [-0.2, -0.15) is 4.99 Å². The van der Waals surface area contributed by atoms with E-state index in [1.807, 2.05) is 13.8 Å². The van der Waals surface area contributed by atoms with Crippen molar-refractivity contribution in [3.63, 3.8) is 0 Å². The molecule has 1 rings (SSSR count). The summed E-state index contributed by atoms with van der Waals surface area (Å²) in [5, 5.41) is 2.64. The van der Waals surface area contributed by atoms with Crippen LogP contribution in [0.1, 0.15) is 40.5 Å². The van der Waals surface area contributed by atoms with Crippen molar-refractivity contribution >= 4 is 17.6 Å². The van der Waals surface area contributed by atoms with Crippen LogP contribution in [0.25, 0.3) is 0 Å². The maximum Gasteiger partial charge on any atom is 0.263 e. The molecule has 0 fully saturated rings. The Balaban J connectivity index is 3.16. The molecule has 0 spiro atoms. The van der Waals surface area contributed by atoms with Gasteiger partial charge < -0.3 is 11.1 Å². The van der Waals surface area contributed by atoms with Gasteiger partial charge in [0.15, 0.2) is 0 Å². The van der Waals surface area contributed by atoms with Crippen LogP contribution in [0.5, 0.6) is 0 Å². The molecule has 1 aliphatic heterocycles. The van der Waals surface area contributed by atoms with Gasteiger partial charge in [0, 0.05) is 0 Å². The molecular formula is C11H19N3O2. The van der Waals surface area contributed by atoms with Gasteiger partial charge in [-0.05, 0) is 26.7 Å². The number of rotatable bonds is 3. The van der Waals surface area contributed by atoms with E-state index in [9.17, 15) is 9.59 Å².